The molecule has 4 nitrogen and oxygen atoms in total. The number of aliphatic carboxylic acids is 1. The highest BCUT2D eigenvalue weighted by molar-refractivity contribution is 6.15. The predicted molar refractivity (Wildman–Crippen MR) is 81.9 cm³/mol. The van der Waals surface area contributed by atoms with Crippen molar-refractivity contribution in [1.82, 2.24) is 0 Å². The molecule has 1 unspecified atom stereocenters. The topological polar surface area (TPSA) is 71.4 Å². The standard InChI is InChI=1S/C18H16O4/c1-18(17(21)22,16(20)14-10-6-3-7-11-14)12-15(19)13-8-4-2-5-9-13/h2-11H,12H2,1H3,(H,21,22). The Balaban J connectivity index is 2.31. The van der Waals surface area contributed by atoms with Crippen LogP contribution in [0, 0.1) is 5.41 Å². The first-order valence-corrected chi connectivity index (χ1v) is 6.86. The Labute approximate surface area is 128 Å². The second-order valence-corrected chi connectivity index (χ2v) is 5.30. The maximum Gasteiger partial charge on any atom is 0.317 e. The van der Waals surface area contributed by atoms with E-state index >= 15 is 0 Å². The first-order valence-electron chi connectivity index (χ1n) is 6.86. The molecule has 0 amide bonds. The molecule has 0 aromatic heterocycles. The maximum atomic E-state index is 12.5. The van der Waals surface area contributed by atoms with Crippen molar-refractivity contribution >= 4 is 17.5 Å². The average molecular weight is 296 g/mol. The van der Waals surface area contributed by atoms with E-state index in [4.69, 9.17) is 0 Å². The number of carbonyl (C=O) groups excluding carboxylic acids is 2. The molecule has 0 bridgehead atoms. The monoisotopic (exact) mass is 296 g/mol. The number of carbonyl (C=O) groups is 3. The largest absolute Gasteiger partial charge is 0.480 e. The summed E-state index contributed by atoms with van der Waals surface area (Å²) in [5.74, 6) is -2.23. The number of ketones is 2. The van der Waals surface area contributed by atoms with Crippen LogP contribution < -0.4 is 0 Å². The molecule has 0 aliphatic rings. The molecule has 112 valence electrons. The van der Waals surface area contributed by atoms with Crippen molar-refractivity contribution < 1.29 is 19.5 Å². The van der Waals surface area contributed by atoms with Gasteiger partial charge in [0.05, 0.1) is 0 Å². The highest BCUT2D eigenvalue weighted by Gasteiger charge is 2.43. The summed E-state index contributed by atoms with van der Waals surface area (Å²) in [7, 11) is 0. The van der Waals surface area contributed by atoms with Gasteiger partial charge in [0.25, 0.3) is 0 Å². The van der Waals surface area contributed by atoms with Gasteiger partial charge in [-0.25, -0.2) is 0 Å². The van der Waals surface area contributed by atoms with E-state index in [1.54, 1.807) is 60.7 Å². The van der Waals surface area contributed by atoms with E-state index in [2.05, 4.69) is 0 Å². The SMILES string of the molecule is CC(CC(=O)c1ccccc1)(C(=O)O)C(=O)c1ccccc1. The number of carboxylic acids is 1. The van der Waals surface area contributed by atoms with Crippen molar-refractivity contribution in [2.45, 2.75) is 13.3 Å². The number of rotatable bonds is 6. The molecule has 0 radical (unpaired) electrons. The van der Waals surface area contributed by atoms with Gasteiger partial charge >= 0.3 is 5.97 Å². The average Bonchev–Trinajstić information content (AvgIpc) is 2.55. The van der Waals surface area contributed by atoms with Crippen LogP contribution in [0.15, 0.2) is 60.7 Å². The van der Waals surface area contributed by atoms with E-state index in [-0.39, 0.29) is 17.8 Å². The number of benzene rings is 2. The van der Waals surface area contributed by atoms with Gasteiger partial charge in [0, 0.05) is 17.5 Å². The molecule has 0 aliphatic heterocycles. The summed E-state index contributed by atoms with van der Waals surface area (Å²) in [6.07, 6.45) is -0.375. The minimum absolute atomic E-state index is 0.285. The molecule has 2 rings (SSSR count). The number of Topliss-reactive ketones (excluding diaryl/α,β-unsaturated/α-hetero) is 2. The van der Waals surface area contributed by atoms with Crippen LogP contribution in [-0.4, -0.2) is 22.6 Å². The maximum absolute atomic E-state index is 12.5. The first kappa shape index (κ1) is 15.6. The van der Waals surface area contributed by atoms with Gasteiger partial charge in [-0.3, -0.25) is 14.4 Å². The number of carboxylic acid groups (broad SMARTS) is 1. The lowest BCUT2D eigenvalue weighted by molar-refractivity contribution is -0.144. The molecule has 0 saturated carbocycles. The molecular weight excluding hydrogens is 280 g/mol. The summed E-state index contributed by atoms with van der Waals surface area (Å²) in [5.41, 5.74) is -1.10. The summed E-state index contributed by atoms with van der Waals surface area (Å²) in [6.45, 7) is 1.30. The smallest absolute Gasteiger partial charge is 0.317 e. The van der Waals surface area contributed by atoms with Crippen LogP contribution in [0.3, 0.4) is 0 Å². The van der Waals surface area contributed by atoms with Crippen LogP contribution in [0.1, 0.15) is 34.1 Å². The third kappa shape index (κ3) is 3.11. The molecule has 0 heterocycles. The van der Waals surface area contributed by atoms with Gasteiger partial charge in [-0.15, -0.1) is 0 Å². The fourth-order valence-corrected chi connectivity index (χ4v) is 2.21. The Bertz CT molecular complexity index is 692. The van der Waals surface area contributed by atoms with Crippen LogP contribution in [0.4, 0.5) is 0 Å². The Morgan fingerprint density at radius 2 is 1.32 bits per heavy atom. The van der Waals surface area contributed by atoms with Crippen LogP contribution >= 0.6 is 0 Å². The molecule has 1 atom stereocenters. The molecule has 0 fully saturated rings. The molecule has 4 heteroatoms. The Morgan fingerprint density at radius 1 is 0.864 bits per heavy atom. The van der Waals surface area contributed by atoms with Crippen LogP contribution in [-0.2, 0) is 4.79 Å². The minimum Gasteiger partial charge on any atom is -0.480 e. The van der Waals surface area contributed by atoms with E-state index < -0.39 is 17.2 Å². The Morgan fingerprint density at radius 3 is 1.77 bits per heavy atom. The third-order valence-corrected chi connectivity index (χ3v) is 3.62. The van der Waals surface area contributed by atoms with Gasteiger partial charge in [-0.05, 0) is 6.92 Å². The Hall–Kier alpha value is -2.75. The normalized spacial score (nSPS) is 13.1. The molecule has 0 spiro atoms. The molecule has 2 aromatic rings. The molecule has 0 saturated heterocycles. The lowest BCUT2D eigenvalue weighted by Gasteiger charge is -2.22. The summed E-state index contributed by atoms with van der Waals surface area (Å²) in [6, 6.07) is 16.5. The van der Waals surface area contributed by atoms with Gasteiger partial charge in [-0.2, -0.15) is 0 Å². The molecule has 22 heavy (non-hydrogen) atoms. The van der Waals surface area contributed by atoms with Gasteiger partial charge < -0.3 is 5.11 Å². The van der Waals surface area contributed by atoms with Gasteiger partial charge in [0.15, 0.2) is 11.6 Å². The van der Waals surface area contributed by atoms with Crippen LogP contribution in [0.2, 0.25) is 0 Å². The fraction of sp³-hybridized carbons (Fsp3) is 0.167. The van der Waals surface area contributed by atoms with E-state index in [1.165, 1.54) is 6.92 Å². The van der Waals surface area contributed by atoms with Crippen LogP contribution in [0.25, 0.3) is 0 Å². The van der Waals surface area contributed by atoms with Gasteiger partial charge in [0.2, 0.25) is 0 Å². The quantitative estimate of drug-likeness (QED) is 0.656. The van der Waals surface area contributed by atoms with Crippen molar-refractivity contribution in [2.24, 2.45) is 5.41 Å². The van der Waals surface area contributed by atoms with Gasteiger partial charge in [0.1, 0.15) is 5.41 Å². The molecule has 1 N–H and O–H groups in total. The summed E-state index contributed by atoms with van der Waals surface area (Å²) in [4.78, 5) is 36.5. The highest BCUT2D eigenvalue weighted by Crippen LogP contribution is 2.29. The van der Waals surface area contributed by atoms with Crippen molar-refractivity contribution in [2.75, 3.05) is 0 Å². The molecule has 0 aliphatic carbocycles. The van der Waals surface area contributed by atoms with E-state index in [9.17, 15) is 19.5 Å². The second-order valence-electron chi connectivity index (χ2n) is 5.30. The highest BCUT2D eigenvalue weighted by atomic mass is 16.4. The predicted octanol–water partition coefficient (Wildman–Crippen LogP) is 3.23. The first-order chi connectivity index (χ1) is 10.4. The zero-order valence-electron chi connectivity index (χ0n) is 12.2. The minimum atomic E-state index is -1.78. The number of hydrogen-bond acceptors (Lipinski definition) is 3. The molecule has 2 aromatic carbocycles. The van der Waals surface area contributed by atoms with E-state index in [1.807, 2.05) is 0 Å². The zero-order chi connectivity index (χ0) is 16.2. The fourth-order valence-electron chi connectivity index (χ4n) is 2.21. The second kappa shape index (κ2) is 6.35. The van der Waals surface area contributed by atoms with E-state index in [0.29, 0.717) is 5.56 Å². The van der Waals surface area contributed by atoms with E-state index in [0.717, 1.165) is 0 Å². The van der Waals surface area contributed by atoms with Crippen LogP contribution in [0.5, 0.6) is 0 Å². The zero-order valence-corrected chi connectivity index (χ0v) is 12.2. The lowest BCUT2D eigenvalue weighted by Crippen LogP contribution is -2.38. The van der Waals surface area contributed by atoms with Crippen molar-refractivity contribution in [1.29, 1.82) is 0 Å². The summed E-state index contributed by atoms with van der Waals surface area (Å²) in [5, 5.41) is 9.49. The van der Waals surface area contributed by atoms with Crippen molar-refractivity contribution in [3.63, 3.8) is 0 Å². The third-order valence-electron chi connectivity index (χ3n) is 3.62. The van der Waals surface area contributed by atoms with Crippen molar-refractivity contribution in [3.05, 3.63) is 71.8 Å². The lowest BCUT2D eigenvalue weighted by atomic mass is 9.77. The Kier molecular flexibility index (Phi) is 4.51. The number of hydrogen-bond donors (Lipinski definition) is 1. The molecular formula is C18H16O4. The van der Waals surface area contributed by atoms with Crippen molar-refractivity contribution in [3.8, 4) is 0 Å². The summed E-state index contributed by atoms with van der Waals surface area (Å²) >= 11 is 0. The summed E-state index contributed by atoms with van der Waals surface area (Å²) < 4.78 is 0. The van der Waals surface area contributed by atoms with Gasteiger partial charge in [-0.1, -0.05) is 60.7 Å².